The molecule has 3 N–H and O–H groups in total. The van der Waals surface area contributed by atoms with Crippen LogP contribution in [-0.2, 0) is 9.59 Å². The first-order valence-corrected chi connectivity index (χ1v) is 10.9. The molecule has 0 heterocycles. The van der Waals surface area contributed by atoms with Crippen LogP contribution in [0.15, 0.2) is 78.9 Å². The molecular weight excluding hydrogens is 446 g/mol. The van der Waals surface area contributed by atoms with Gasteiger partial charge in [-0.2, -0.15) is 0 Å². The van der Waals surface area contributed by atoms with E-state index in [9.17, 15) is 19.2 Å². The van der Waals surface area contributed by atoms with E-state index in [1.807, 2.05) is 19.1 Å². The maximum atomic E-state index is 12.4. The van der Waals surface area contributed by atoms with Crippen molar-refractivity contribution in [1.82, 2.24) is 10.9 Å². The maximum Gasteiger partial charge on any atom is 0.343 e. The van der Waals surface area contributed by atoms with Crippen molar-refractivity contribution in [3.8, 4) is 5.75 Å². The number of amides is 3. The van der Waals surface area contributed by atoms with E-state index in [1.165, 1.54) is 24.3 Å². The van der Waals surface area contributed by atoms with Gasteiger partial charge in [0.1, 0.15) is 5.75 Å². The average molecular weight is 472 g/mol. The van der Waals surface area contributed by atoms with Crippen LogP contribution in [0, 0.1) is 6.92 Å². The van der Waals surface area contributed by atoms with Crippen LogP contribution in [-0.4, -0.2) is 23.7 Å². The third-order valence-corrected chi connectivity index (χ3v) is 4.87. The number of rotatable bonds is 7. The molecule has 0 bridgehead atoms. The number of nitrogens with one attached hydrogen (secondary N) is 3. The number of benzene rings is 3. The first kappa shape index (κ1) is 24.9. The van der Waals surface area contributed by atoms with Gasteiger partial charge in [0.15, 0.2) is 0 Å². The number of anilines is 1. The van der Waals surface area contributed by atoms with Crippen molar-refractivity contribution < 1.29 is 23.9 Å². The Kier molecular flexibility index (Phi) is 8.50. The summed E-state index contributed by atoms with van der Waals surface area (Å²) in [6.07, 6.45) is 3.04. The average Bonchev–Trinajstić information content (AvgIpc) is 2.87. The Morgan fingerprint density at radius 3 is 2.17 bits per heavy atom. The van der Waals surface area contributed by atoms with Crippen LogP contribution in [0.1, 0.15) is 45.2 Å². The molecule has 0 aliphatic heterocycles. The van der Waals surface area contributed by atoms with Crippen molar-refractivity contribution in [2.75, 3.05) is 5.32 Å². The summed E-state index contributed by atoms with van der Waals surface area (Å²) < 4.78 is 5.48. The molecule has 0 unspecified atom stereocenters. The van der Waals surface area contributed by atoms with E-state index >= 15 is 0 Å². The van der Waals surface area contributed by atoms with Crippen molar-refractivity contribution in [3.63, 3.8) is 0 Å². The van der Waals surface area contributed by atoms with E-state index in [0.717, 1.165) is 5.56 Å². The Labute approximate surface area is 203 Å². The number of carbonyl (C=O) groups is 4. The molecule has 3 amide bonds. The lowest BCUT2D eigenvalue weighted by atomic mass is 10.1. The van der Waals surface area contributed by atoms with Crippen LogP contribution in [0.3, 0.4) is 0 Å². The highest BCUT2D eigenvalue weighted by atomic mass is 16.5. The fourth-order valence-corrected chi connectivity index (χ4v) is 2.91. The largest absolute Gasteiger partial charge is 0.422 e. The highest BCUT2D eigenvalue weighted by Crippen LogP contribution is 2.21. The zero-order chi connectivity index (χ0) is 25.2. The van der Waals surface area contributed by atoms with Crippen LogP contribution < -0.4 is 20.9 Å². The lowest BCUT2D eigenvalue weighted by molar-refractivity contribution is -0.117. The molecule has 0 saturated heterocycles. The highest BCUT2D eigenvalue weighted by molar-refractivity contribution is 5.99. The van der Waals surface area contributed by atoms with Gasteiger partial charge in [-0.3, -0.25) is 25.2 Å². The predicted molar refractivity (Wildman–Crippen MR) is 133 cm³/mol. The summed E-state index contributed by atoms with van der Waals surface area (Å²) in [6.45, 7) is 3.67. The molecule has 3 aromatic carbocycles. The van der Waals surface area contributed by atoms with Crippen LogP contribution in [0.25, 0.3) is 6.08 Å². The predicted octanol–water partition coefficient (Wildman–Crippen LogP) is 4.04. The molecule has 8 nitrogen and oxygen atoms in total. The molecule has 0 aromatic heterocycles. The van der Waals surface area contributed by atoms with Crippen molar-refractivity contribution in [3.05, 3.63) is 101 Å². The summed E-state index contributed by atoms with van der Waals surface area (Å²) in [5, 5.41) is 2.69. The Balaban J connectivity index is 1.56. The van der Waals surface area contributed by atoms with Gasteiger partial charge >= 0.3 is 5.97 Å². The number of ether oxygens (including phenoxy) is 1. The zero-order valence-electron chi connectivity index (χ0n) is 19.3. The quantitative estimate of drug-likeness (QED) is 0.208. The second-order valence-corrected chi connectivity index (χ2v) is 7.55. The van der Waals surface area contributed by atoms with E-state index in [2.05, 4.69) is 16.2 Å². The van der Waals surface area contributed by atoms with Gasteiger partial charge in [0.05, 0.1) is 5.56 Å². The van der Waals surface area contributed by atoms with Crippen molar-refractivity contribution >= 4 is 35.5 Å². The number of hydrogen-bond donors (Lipinski definition) is 3. The molecule has 0 fully saturated rings. The highest BCUT2D eigenvalue weighted by Gasteiger charge is 2.11. The molecule has 0 spiro atoms. The molecule has 0 atom stereocenters. The molecule has 35 heavy (non-hydrogen) atoms. The molecule has 0 aliphatic rings. The van der Waals surface area contributed by atoms with Gasteiger partial charge < -0.3 is 10.1 Å². The molecular formula is C27H25N3O5. The minimum Gasteiger partial charge on any atom is -0.422 e. The molecule has 3 rings (SSSR count). The summed E-state index contributed by atoms with van der Waals surface area (Å²) in [4.78, 5) is 48.3. The van der Waals surface area contributed by atoms with E-state index < -0.39 is 17.8 Å². The number of carbonyl (C=O) groups excluding carboxylic acids is 4. The number of aryl methyl sites for hydroxylation is 1. The second-order valence-electron chi connectivity index (χ2n) is 7.55. The lowest BCUT2D eigenvalue weighted by Crippen LogP contribution is -2.40. The van der Waals surface area contributed by atoms with Gasteiger partial charge in [0, 0.05) is 29.3 Å². The standard InChI is InChI=1S/C27H25N3O5/c1-3-24(31)28-22-15-12-20(13-16-22)26(33)30-29-25(32)17-14-19-6-4-5-7-23(19)35-27(34)21-10-8-18(2)9-11-21/h4-17H,3H2,1-2H3,(H,28,31)(H,29,32)(H,30,33)/b17-14+. The molecule has 0 radical (unpaired) electrons. The fourth-order valence-electron chi connectivity index (χ4n) is 2.91. The van der Waals surface area contributed by atoms with Gasteiger partial charge in [-0.25, -0.2) is 4.79 Å². The number of hydrazine groups is 1. The summed E-state index contributed by atoms with van der Waals surface area (Å²) in [5.41, 5.74) is 7.44. The van der Waals surface area contributed by atoms with Gasteiger partial charge in [0.25, 0.3) is 11.8 Å². The number of hydrogen-bond acceptors (Lipinski definition) is 5. The molecule has 3 aromatic rings. The molecule has 178 valence electrons. The third kappa shape index (κ3) is 7.40. The zero-order valence-corrected chi connectivity index (χ0v) is 19.3. The monoisotopic (exact) mass is 471 g/mol. The summed E-state index contributed by atoms with van der Waals surface area (Å²) in [5.74, 6) is -1.45. The van der Waals surface area contributed by atoms with Gasteiger partial charge in [-0.1, -0.05) is 42.8 Å². The summed E-state index contributed by atoms with van der Waals surface area (Å²) >= 11 is 0. The minimum absolute atomic E-state index is 0.132. The first-order valence-electron chi connectivity index (χ1n) is 10.9. The van der Waals surface area contributed by atoms with E-state index in [4.69, 9.17) is 4.74 Å². The van der Waals surface area contributed by atoms with Crippen molar-refractivity contribution in [2.24, 2.45) is 0 Å². The fraction of sp³-hybridized carbons (Fsp3) is 0.111. The van der Waals surface area contributed by atoms with Crippen molar-refractivity contribution in [1.29, 1.82) is 0 Å². The smallest absolute Gasteiger partial charge is 0.343 e. The number of esters is 1. The van der Waals surface area contributed by atoms with Crippen LogP contribution in [0.5, 0.6) is 5.75 Å². The topological polar surface area (TPSA) is 114 Å². The van der Waals surface area contributed by atoms with Crippen LogP contribution >= 0.6 is 0 Å². The Bertz CT molecular complexity index is 1250. The molecule has 0 saturated carbocycles. The summed E-state index contributed by atoms with van der Waals surface area (Å²) in [6, 6.07) is 20.0. The van der Waals surface area contributed by atoms with Crippen LogP contribution in [0.4, 0.5) is 5.69 Å². The third-order valence-electron chi connectivity index (χ3n) is 4.87. The van der Waals surface area contributed by atoms with Gasteiger partial charge in [-0.15, -0.1) is 0 Å². The normalized spacial score (nSPS) is 10.5. The molecule has 8 heteroatoms. The Morgan fingerprint density at radius 2 is 1.49 bits per heavy atom. The first-order chi connectivity index (χ1) is 16.9. The Morgan fingerprint density at radius 1 is 0.829 bits per heavy atom. The second kappa shape index (κ2) is 11.9. The number of para-hydroxylation sites is 1. The van der Waals surface area contributed by atoms with Crippen LogP contribution in [0.2, 0.25) is 0 Å². The Hall–Kier alpha value is -4.72. The maximum absolute atomic E-state index is 12.4. The van der Waals surface area contributed by atoms with Crippen molar-refractivity contribution in [2.45, 2.75) is 20.3 Å². The van der Waals surface area contributed by atoms with Gasteiger partial charge in [-0.05, 0) is 55.5 Å². The van der Waals surface area contributed by atoms with E-state index in [0.29, 0.717) is 34.5 Å². The van der Waals surface area contributed by atoms with Gasteiger partial charge in [0.2, 0.25) is 5.91 Å². The SMILES string of the molecule is CCC(=O)Nc1ccc(C(=O)NNC(=O)/C=C/c2ccccc2OC(=O)c2ccc(C)cc2)cc1. The lowest BCUT2D eigenvalue weighted by Gasteiger charge is -2.08. The summed E-state index contributed by atoms with van der Waals surface area (Å²) in [7, 11) is 0. The minimum atomic E-state index is -0.579. The molecule has 0 aliphatic carbocycles. The van der Waals surface area contributed by atoms with E-state index in [1.54, 1.807) is 55.5 Å². The van der Waals surface area contributed by atoms with E-state index in [-0.39, 0.29) is 5.91 Å².